The molecule has 3 aromatic rings. The van der Waals surface area contributed by atoms with Crippen molar-refractivity contribution in [3.63, 3.8) is 0 Å². The molecule has 0 aliphatic rings. The first kappa shape index (κ1) is 31.7. The number of ether oxygens (including phenoxy) is 1. The Bertz CT molecular complexity index is 1440. The maximum Gasteiger partial charge on any atom is 0.244 e. The monoisotopic (exact) mass is 579 g/mol. The lowest BCUT2D eigenvalue weighted by molar-refractivity contribution is -0.140. The van der Waals surface area contributed by atoms with Gasteiger partial charge in [0.25, 0.3) is 0 Å². The van der Waals surface area contributed by atoms with Crippen LogP contribution in [0, 0.1) is 13.8 Å². The van der Waals surface area contributed by atoms with Crippen molar-refractivity contribution in [1.82, 2.24) is 10.2 Å². The van der Waals surface area contributed by atoms with Crippen LogP contribution in [0.25, 0.3) is 0 Å². The van der Waals surface area contributed by atoms with Gasteiger partial charge in [-0.3, -0.25) is 13.9 Å². The number of nitrogens with zero attached hydrogens (tertiary/aromatic N) is 2. The van der Waals surface area contributed by atoms with Crippen molar-refractivity contribution in [1.29, 1.82) is 0 Å². The van der Waals surface area contributed by atoms with E-state index >= 15 is 0 Å². The van der Waals surface area contributed by atoms with E-state index in [2.05, 4.69) is 5.32 Å². The third-order valence-corrected chi connectivity index (χ3v) is 8.28. The number of anilines is 1. The van der Waals surface area contributed by atoms with E-state index in [4.69, 9.17) is 4.74 Å². The van der Waals surface area contributed by atoms with Crippen LogP contribution in [0.3, 0.4) is 0 Å². The predicted molar refractivity (Wildman–Crippen MR) is 163 cm³/mol. The van der Waals surface area contributed by atoms with Crippen LogP contribution in [-0.4, -0.2) is 57.1 Å². The summed E-state index contributed by atoms with van der Waals surface area (Å²) in [6.45, 7) is 7.33. The molecule has 2 atom stereocenters. The Hall–Kier alpha value is -3.85. The molecule has 0 aliphatic heterocycles. The molecule has 9 heteroatoms. The number of amides is 2. The molecule has 0 bridgehead atoms. The molecule has 0 fully saturated rings. The highest BCUT2D eigenvalue weighted by Gasteiger charge is 2.34. The van der Waals surface area contributed by atoms with Gasteiger partial charge in [0.2, 0.25) is 21.8 Å². The quantitative estimate of drug-likeness (QED) is 0.319. The summed E-state index contributed by atoms with van der Waals surface area (Å²) in [6.07, 6.45) is 2.06. The lowest BCUT2D eigenvalue weighted by Crippen LogP contribution is -2.54. The first-order valence-electron chi connectivity index (χ1n) is 13.7. The van der Waals surface area contributed by atoms with E-state index in [0.717, 1.165) is 39.2 Å². The average Bonchev–Trinajstić information content (AvgIpc) is 2.94. The molecule has 8 nitrogen and oxygen atoms in total. The van der Waals surface area contributed by atoms with Gasteiger partial charge in [-0.05, 0) is 61.6 Å². The lowest BCUT2D eigenvalue weighted by atomic mass is 10.0. The summed E-state index contributed by atoms with van der Waals surface area (Å²) in [7, 11) is -2.45. The Morgan fingerprint density at radius 3 is 2.24 bits per heavy atom. The summed E-state index contributed by atoms with van der Waals surface area (Å²) < 4.78 is 32.7. The molecule has 3 rings (SSSR count). The van der Waals surface area contributed by atoms with Gasteiger partial charge >= 0.3 is 0 Å². The van der Waals surface area contributed by atoms with Crippen LogP contribution in [0.5, 0.6) is 5.75 Å². The molecule has 0 aromatic heterocycles. The zero-order chi connectivity index (χ0) is 30.2. The van der Waals surface area contributed by atoms with Crippen molar-refractivity contribution in [2.24, 2.45) is 0 Å². The minimum absolute atomic E-state index is 0.0970. The zero-order valence-corrected chi connectivity index (χ0v) is 25.6. The summed E-state index contributed by atoms with van der Waals surface area (Å²) in [6, 6.07) is 21.4. The van der Waals surface area contributed by atoms with Gasteiger partial charge in [0.1, 0.15) is 18.3 Å². The number of benzene rings is 3. The normalized spacial score (nSPS) is 12.7. The topological polar surface area (TPSA) is 96.0 Å². The third kappa shape index (κ3) is 8.57. The third-order valence-electron chi connectivity index (χ3n) is 7.16. The molecule has 0 spiro atoms. The van der Waals surface area contributed by atoms with E-state index in [-0.39, 0.29) is 30.6 Å². The van der Waals surface area contributed by atoms with Crippen molar-refractivity contribution < 1.29 is 22.7 Å². The highest BCUT2D eigenvalue weighted by Crippen LogP contribution is 2.31. The van der Waals surface area contributed by atoms with Crippen molar-refractivity contribution in [2.45, 2.75) is 59.2 Å². The standard InChI is InChI=1S/C32H41N3O5S/c1-7-25(4)33-32(37)29(20-26-14-9-8-10-15-26)34(21-27-16-12-11-13-24(27)3)31(36)22-35(41(6,38)39)28-19-23(2)17-18-30(28)40-5/h8-19,25,29H,7,20-22H2,1-6H3,(H,33,37)/t25-,29-/m0/s1. The number of hydrogen-bond donors (Lipinski definition) is 1. The van der Waals surface area contributed by atoms with Crippen LogP contribution in [0.2, 0.25) is 0 Å². The van der Waals surface area contributed by atoms with Crippen LogP contribution in [-0.2, 0) is 32.6 Å². The molecule has 41 heavy (non-hydrogen) atoms. The number of rotatable bonds is 13. The highest BCUT2D eigenvalue weighted by atomic mass is 32.2. The highest BCUT2D eigenvalue weighted by molar-refractivity contribution is 7.92. The summed E-state index contributed by atoms with van der Waals surface area (Å²) in [5.41, 5.74) is 3.80. The van der Waals surface area contributed by atoms with Crippen molar-refractivity contribution >= 4 is 27.5 Å². The maximum atomic E-state index is 14.3. The summed E-state index contributed by atoms with van der Waals surface area (Å²) in [5.74, 6) is -0.457. The molecule has 0 unspecified atom stereocenters. The van der Waals surface area contributed by atoms with Gasteiger partial charge in [-0.2, -0.15) is 0 Å². The largest absolute Gasteiger partial charge is 0.495 e. The molecule has 0 saturated heterocycles. The van der Waals surface area contributed by atoms with E-state index in [1.165, 1.54) is 12.0 Å². The molecule has 0 saturated carbocycles. The molecule has 0 heterocycles. The van der Waals surface area contributed by atoms with Gasteiger partial charge in [-0.25, -0.2) is 8.42 Å². The number of methoxy groups -OCH3 is 1. The van der Waals surface area contributed by atoms with Crippen LogP contribution in [0.1, 0.15) is 42.5 Å². The second-order valence-corrected chi connectivity index (χ2v) is 12.3. The average molecular weight is 580 g/mol. The van der Waals surface area contributed by atoms with Crippen LogP contribution >= 0.6 is 0 Å². The molecule has 1 N–H and O–H groups in total. The van der Waals surface area contributed by atoms with Gasteiger partial charge in [0.15, 0.2) is 0 Å². The van der Waals surface area contributed by atoms with E-state index in [1.54, 1.807) is 12.1 Å². The Labute approximate surface area is 244 Å². The second-order valence-electron chi connectivity index (χ2n) is 10.4. The van der Waals surface area contributed by atoms with E-state index in [1.807, 2.05) is 88.4 Å². The molecule has 0 aliphatic carbocycles. The molecule has 2 amide bonds. The summed E-state index contributed by atoms with van der Waals surface area (Å²) in [5, 5.41) is 3.04. The molecule has 220 valence electrons. The lowest BCUT2D eigenvalue weighted by Gasteiger charge is -2.34. The number of carbonyl (C=O) groups is 2. The van der Waals surface area contributed by atoms with Crippen LogP contribution in [0.15, 0.2) is 72.8 Å². The van der Waals surface area contributed by atoms with Crippen LogP contribution in [0.4, 0.5) is 5.69 Å². The van der Waals surface area contributed by atoms with Gasteiger partial charge in [0.05, 0.1) is 19.1 Å². The zero-order valence-electron chi connectivity index (χ0n) is 24.8. The van der Waals surface area contributed by atoms with Gasteiger partial charge in [0, 0.05) is 19.0 Å². The molecular formula is C32H41N3O5S. The number of sulfonamides is 1. The molecular weight excluding hydrogens is 538 g/mol. The second kappa shape index (κ2) is 14.2. The fourth-order valence-electron chi connectivity index (χ4n) is 4.56. The fraction of sp³-hybridized carbons (Fsp3) is 0.375. The number of hydrogen-bond acceptors (Lipinski definition) is 5. The molecule has 0 radical (unpaired) electrons. The van der Waals surface area contributed by atoms with Crippen LogP contribution < -0.4 is 14.4 Å². The minimum Gasteiger partial charge on any atom is -0.495 e. The maximum absolute atomic E-state index is 14.3. The number of aryl methyl sites for hydroxylation is 2. The van der Waals surface area contributed by atoms with E-state index in [0.29, 0.717) is 5.75 Å². The van der Waals surface area contributed by atoms with Gasteiger partial charge < -0.3 is 15.0 Å². The van der Waals surface area contributed by atoms with E-state index in [9.17, 15) is 18.0 Å². The SMILES string of the molecule is CC[C@H](C)NC(=O)[C@H](Cc1ccccc1)N(Cc1ccccc1C)C(=O)CN(c1cc(C)ccc1OC)S(C)(=O)=O. The van der Waals surface area contributed by atoms with Crippen molar-refractivity contribution in [2.75, 3.05) is 24.2 Å². The van der Waals surface area contributed by atoms with E-state index < -0.39 is 28.5 Å². The van der Waals surface area contributed by atoms with Crippen molar-refractivity contribution in [3.05, 3.63) is 95.1 Å². The molecule has 3 aromatic carbocycles. The Balaban J connectivity index is 2.11. The van der Waals surface area contributed by atoms with Gasteiger partial charge in [-0.15, -0.1) is 0 Å². The Kier molecular flexibility index (Phi) is 10.9. The first-order valence-corrected chi connectivity index (χ1v) is 15.6. The van der Waals surface area contributed by atoms with Gasteiger partial charge in [-0.1, -0.05) is 67.6 Å². The minimum atomic E-state index is -3.90. The number of carbonyl (C=O) groups excluding carboxylic acids is 2. The predicted octanol–water partition coefficient (Wildman–Crippen LogP) is 4.63. The smallest absolute Gasteiger partial charge is 0.244 e. The Morgan fingerprint density at radius 1 is 0.976 bits per heavy atom. The van der Waals surface area contributed by atoms with Crippen molar-refractivity contribution in [3.8, 4) is 5.75 Å². The number of nitrogens with one attached hydrogen (secondary N) is 1. The Morgan fingerprint density at radius 2 is 1.63 bits per heavy atom. The fourth-order valence-corrected chi connectivity index (χ4v) is 5.40. The summed E-state index contributed by atoms with van der Waals surface area (Å²) >= 11 is 0. The first-order chi connectivity index (χ1) is 19.4. The summed E-state index contributed by atoms with van der Waals surface area (Å²) in [4.78, 5) is 29.6.